The molecule has 7 nitrogen and oxygen atoms in total. The van der Waals surface area contributed by atoms with E-state index in [-0.39, 0.29) is 24.1 Å². The number of amides is 2. The molecule has 30 heavy (non-hydrogen) atoms. The highest BCUT2D eigenvalue weighted by Gasteiger charge is 2.33. The summed E-state index contributed by atoms with van der Waals surface area (Å²) in [7, 11) is 1.67. The summed E-state index contributed by atoms with van der Waals surface area (Å²) in [5.41, 5.74) is 2.42. The van der Waals surface area contributed by atoms with Crippen molar-refractivity contribution in [3.8, 4) is 5.75 Å². The quantitative estimate of drug-likeness (QED) is 0.666. The van der Waals surface area contributed by atoms with Gasteiger partial charge in [0.2, 0.25) is 0 Å². The van der Waals surface area contributed by atoms with Gasteiger partial charge in [0, 0.05) is 18.3 Å². The Morgan fingerprint density at radius 2 is 1.93 bits per heavy atom. The van der Waals surface area contributed by atoms with E-state index < -0.39 is 0 Å². The second-order valence-electron chi connectivity index (χ2n) is 7.78. The minimum Gasteiger partial charge on any atom is -0.497 e. The van der Waals surface area contributed by atoms with Gasteiger partial charge in [0.05, 0.1) is 25.3 Å². The van der Waals surface area contributed by atoms with E-state index in [9.17, 15) is 9.59 Å². The Morgan fingerprint density at radius 3 is 2.60 bits per heavy atom. The molecule has 0 unspecified atom stereocenters. The Kier molecular flexibility index (Phi) is 7.74. The molecule has 2 atom stereocenters. The van der Waals surface area contributed by atoms with Gasteiger partial charge in [0.25, 0.3) is 0 Å². The number of likely N-dealkylation sites (tertiary alicyclic amines) is 1. The lowest BCUT2D eigenvalue weighted by Crippen LogP contribution is -2.52. The molecule has 1 aromatic carbocycles. The molecule has 2 aliphatic rings. The van der Waals surface area contributed by atoms with Crippen LogP contribution in [0.25, 0.3) is 0 Å². The van der Waals surface area contributed by atoms with Crippen LogP contribution in [-0.4, -0.2) is 49.7 Å². The number of hydrogen-bond donors (Lipinski definition) is 2. The summed E-state index contributed by atoms with van der Waals surface area (Å²) in [4.78, 5) is 27.3. The molecule has 2 amide bonds. The predicted octanol–water partition coefficient (Wildman–Crippen LogP) is 3.52. The topological polar surface area (TPSA) is 79.9 Å². The van der Waals surface area contributed by atoms with Crippen molar-refractivity contribution in [2.75, 3.05) is 26.8 Å². The molecule has 0 saturated carbocycles. The molecule has 1 fully saturated rings. The minimum absolute atomic E-state index is 0.223. The monoisotopic (exact) mass is 415 g/mol. The van der Waals surface area contributed by atoms with Gasteiger partial charge in [-0.05, 0) is 50.4 Å². The second-order valence-corrected chi connectivity index (χ2v) is 7.78. The van der Waals surface area contributed by atoms with E-state index in [1.54, 1.807) is 14.0 Å². The molecule has 0 aliphatic carbocycles. The predicted molar refractivity (Wildman–Crippen MR) is 115 cm³/mol. The molecule has 0 bridgehead atoms. The number of hydrogen-bond acceptors (Lipinski definition) is 5. The van der Waals surface area contributed by atoms with Crippen LogP contribution < -0.4 is 15.4 Å². The fraction of sp³-hybridized carbons (Fsp3) is 0.565. The summed E-state index contributed by atoms with van der Waals surface area (Å²) in [6.45, 7) is 5.48. The molecular weight excluding hydrogens is 382 g/mol. The Morgan fingerprint density at radius 1 is 1.17 bits per heavy atom. The first-order valence-electron chi connectivity index (χ1n) is 10.9. The third-order valence-electron chi connectivity index (χ3n) is 5.87. The van der Waals surface area contributed by atoms with Gasteiger partial charge in [-0.1, -0.05) is 31.9 Å². The maximum absolute atomic E-state index is 12.7. The Bertz CT molecular complexity index is 775. The lowest BCUT2D eigenvalue weighted by molar-refractivity contribution is -0.139. The fourth-order valence-electron chi connectivity index (χ4n) is 4.35. The van der Waals surface area contributed by atoms with Crippen LogP contribution in [0.3, 0.4) is 0 Å². The van der Waals surface area contributed by atoms with Crippen molar-refractivity contribution in [1.29, 1.82) is 0 Å². The van der Waals surface area contributed by atoms with Crippen molar-refractivity contribution < 1.29 is 19.1 Å². The Labute approximate surface area is 178 Å². The highest BCUT2D eigenvalue weighted by atomic mass is 16.5. The van der Waals surface area contributed by atoms with E-state index in [0.29, 0.717) is 30.8 Å². The van der Waals surface area contributed by atoms with Crippen LogP contribution in [-0.2, 0) is 9.53 Å². The summed E-state index contributed by atoms with van der Waals surface area (Å²) in [5.74, 6) is 0.477. The van der Waals surface area contributed by atoms with E-state index >= 15 is 0 Å². The minimum atomic E-state index is -0.359. The normalized spacial score (nSPS) is 22.7. The largest absolute Gasteiger partial charge is 0.497 e. The molecule has 164 valence electrons. The number of urea groups is 1. The molecule has 2 aliphatic heterocycles. The molecule has 0 radical (unpaired) electrons. The molecule has 2 N–H and O–H groups in total. The smallest absolute Gasteiger partial charge is 0.337 e. The van der Waals surface area contributed by atoms with Gasteiger partial charge in [-0.2, -0.15) is 0 Å². The average Bonchev–Trinajstić information content (AvgIpc) is 2.99. The van der Waals surface area contributed by atoms with Gasteiger partial charge in [0.1, 0.15) is 5.75 Å². The van der Waals surface area contributed by atoms with E-state index in [1.807, 2.05) is 19.1 Å². The highest BCUT2D eigenvalue weighted by Crippen LogP contribution is 2.32. The number of ether oxygens (including phenoxy) is 2. The third kappa shape index (κ3) is 5.14. The van der Waals surface area contributed by atoms with E-state index in [4.69, 9.17) is 9.47 Å². The number of nitrogens with one attached hydrogen (secondary N) is 2. The van der Waals surface area contributed by atoms with Crippen molar-refractivity contribution in [1.82, 2.24) is 15.5 Å². The zero-order valence-corrected chi connectivity index (χ0v) is 18.2. The van der Waals surface area contributed by atoms with Crippen LogP contribution in [0.5, 0.6) is 5.75 Å². The number of esters is 1. The van der Waals surface area contributed by atoms with Crippen LogP contribution >= 0.6 is 0 Å². The maximum atomic E-state index is 12.7. The number of rotatable bonds is 7. The van der Waals surface area contributed by atoms with Crippen LogP contribution in [0, 0.1) is 0 Å². The van der Waals surface area contributed by atoms with Gasteiger partial charge in [0.15, 0.2) is 0 Å². The lowest BCUT2D eigenvalue weighted by atomic mass is 9.97. The van der Waals surface area contributed by atoms with Crippen molar-refractivity contribution in [3.05, 3.63) is 41.1 Å². The first-order chi connectivity index (χ1) is 14.6. The van der Waals surface area contributed by atoms with Crippen LogP contribution in [0.2, 0.25) is 0 Å². The van der Waals surface area contributed by atoms with Gasteiger partial charge in [-0.25, -0.2) is 9.59 Å². The van der Waals surface area contributed by atoms with Crippen molar-refractivity contribution in [3.63, 3.8) is 0 Å². The summed E-state index contributed by atoms with van der Waals surface area (Å²) in [6.07, 6.45) is 5.10. The average molecular weight is 416 g/mol. The van der Waals surface area contributed by atoms with Crippen molar-refractivity contribution in [2.24, 2.45) is 0 Å². The van der Waals surface area contributed by atoms with Gasteiger partial charge >= 0.3 is 12.0 Å². The molecule has 0 aromatic heterocycles. The van der Waals surface area contributed by atoms with Crippen molar-refractivity contribution >= 4 is 12.0 Å². The van der Waals surface area contributed by atoms with E-state index in [0.717, 1.165) is 31.6 Å². The standard InChI is InChI=1S/C23H33N3O4/c1-4-18-21(22(27)30-5-2)19(25-23(28)24-18)15-26-14-8-6-7-9-20(26)16-10-12-17(29-3)13-11-16/h10-13,18,20H,4-9,14-15H2,1-3H3,(H2,24,25,28)/t18-,20+/m0/s1. The number of carbonyl (C=O) groups is 2. The van der Waals surface area contributed by atoms with Crippen LogP contribution in [0.4, 0.5) is 4.79 Å². The first kappa shape index (κ1) is 22.2. The third-order valence-corrected chi connectivity index (χ3v) is 5.87. The lowest BCUT2D eigenvalue weighted by Gasteiger charge is -2.35. The molecule has 7 heteroatoms. The molecule has 0 spiro atoms. The maximum Gasteiger partial charge on any atom is 0.337 e. The van der Waals surface area contributed by atoms with Crippen LogP contribution in [0.15, 0.2) is 35.5 Å². The van der Waals surface area contributed by atoms with Crippen LogP contribution in [0.1, 0.15) is 57.6 Å². The summed E-state index contributed by atoms with van der Waals surface area (Å²) < 4.78 is 10.6. The first-order valence-corrected chi connectivity index (χ1v) is 10.9. The van der Waals surface area contributed by atoms with E-state index in [2.05, 4.69) is 27.7 Å². The van der Waals surface area contributed by atoms with Gasteiger partial charge in [-0.3, -0.25) is 4.90 Å². The number of nitrogens with zero attached hydrogens (tertiary/aromatic N) is 1. The van der Waals surface area contributed by atoms with Gasteiger partial charge < -0.3 is 20.1 Å². The second kappa shape index (κ2) is 10.5. The fourth-order valence-corrected chi connectivity index (χ4v) is 4.35. The highest BCUT2D eigenvalue weighted by molar-refractivity contribution is 5.94. The SMILES string of the molecule is CCOC(=O)C1=C(CN2CCCCC[C@@H]2c2ccc(OC)cc2)NC(=O)N[C@H]1CC. The zero-order chi connectivity index (χ0) is 21.5. The number of benzene rings is 1. The number of carbonyl (C=O) groups excluding carboxylic acids is 2. The molecule has 3 rings (SSSR count). The Balaban J connectivity index is 1.92. The molecule has 2 heterocycles. The summed E-state index contributed by atoms with van der Waals surface area (Å²) in [6, 6.07) is 7.82. The molecule has 1 aromatic rings. The molecule has 1 saturated heterocycles. The summed E-state index contributed by atoms with van der Waals surface area (Å²) in [5, 5.41) is 5.74. The molecular formula is C23H33N3O4. The summed E-state index contributed by atoms with van der Waals surface area (Å²) >= 11 is 0. The zero-order valence-electron chi connectivity index (χ0n) is 18.2. The number of methoxy groups -OCH3 is 1. The van der Waals surface area contributed by atoms with E-state index in [1.165, 1.54) is 12.0 Å². The van der Waals surface area contributed by atoms with Crippen molar-refractivity contribution in [2.45, 2.75) is 58.0 Å². The van der Waals surface area contributed by atoms with Gasteiger partial charge in [-0.15, -0.1) is 0 Å². The Hall–Kier alpha value is -2.54.